The first-order chi connectivity index (χ1) is 9.95. The van der Waals surface area contributed by atoms with E-state index in [9.17, 15) is 9.59 Å². The normalized spacial score (nSPS) is 11.9. The van der Waals surface area contributed by atoms with Gasteiger partial charge in [0.2, 0.25) is 5.91 Å². The second-order valence-electron chi connectivity index (χ2n) is 5.23. The number of carbonyl (C=O) groups excluding carboxylic acids is 2. The average Bonchev–Trinajstić information content (AvgIpc) is 2.43. The van der Waals surface area contributed by atoms with E-state index in [1.807, 2.05) is 45.0 Å². The van der Waals surface area contributed by atoms with Crippen molar-refractivity contribution in [3.05, 3.63) is 35.4 Å². The summed E-state index contributed by atoms with van der Waals surface area (Å²) in [5.41, 5.74) is 2.18. The Morgan fingerprint density at radius 1 is 1.24 bits per heavy atom. The molecule has 1 atom stereocenters. The van der Waals surface area contributed by atoms with Crippen LogP contribution < -0.4 is 10.6 Å². The fourth-order valence-electron chi connectivity index (χ4n) is 1.94. The predicted molar refractivity (Wildman–Crippen MR) is 81.8 cm³/mol. The van der Waals surface area contributed by atoms with Crippen molar-refractivity contribution in [1.82, 2.24) is 10.6 Å². The van der Waals surface area contributed by atoms with Gasteiger partial charge < -0.3 is 15.4 Å². The highest BCUT2D eigenvalue weighted by Gasteiger charge is 2.24. The number of nitrogens with one attached hydrogen (secondary N) is 2. The second kappa shape index (κ2) is 8.29. The van der Waals surface area contributed by atoms with E-state index in [1.54, 1.807) is 6.92 Å². The molecule has 0 fully saturated rings. The van der Waals surface area contributed by atoms with E-state index in [1.165, 1.54) is 0 Å². The minimum absolute atomic E-state index is 0.0220. The number of hydrogen-bond donors (Lipinski definition) is 2. The summed E-state index contributed by atoms with van der Waals surface area (Å²) in [6.45, 7) is 8.20. The van der Waals surface area contributed by atoms with E-state index >= 15 is 0 Å². The molecule has 1 aromatic rings. The molecule has 5 nitrogen and oxygen atoms in total. The summed E-state index contributed by atoms with van der Waals surface area (Å²) >= 11 is 0. The Morgan fingerprint density at radius 3 is 2.48 bits per heavy atom. The molecule has 0 aliphatic heterocycles. The Kier molecular flexibility index (Phi) is 6.72. The van der Waals surface area contributed by atoms with Gasteiger partial charge in [-0.1, -0.05) is 38.1 Å². The summed E-state index contributed by atoms with van der Waals surface area (Å²) in [5.74, 6) is -0.229. The molecule has 0 spiro atoms. The number of ether oxygens (including phenoxy) is 1. The van der Waals surface area contributed by atoms with Crippen molar-refractivity contribution < 1.29 is 14.3 Å². The predicted octanol–water partition coefficient (Wildman–Crippen LogP) is 2.38. The maximum absolute atomic E-state index is 12.2. The highest BCUT2D eigenvalue weighted by atomic mass is 16.5. The van der Waals surface area contributed by atoms with Gasteiger partial charge in [0.1, 0.15) is 6.04 Å². The summed E-state index contributed by atoms with van der Waals surface area (Å²) in [5, 5.41) is 5.45. The monoisotopic (exact) mass is 292 g/mol. The van der Waals surface area contributed by atoms with Crippen molar-refractivity contribution in [2.24, 2.45) is 5.92 Å². The third-order valence-corrected chi connectivity index (χ3v) is 3.21. The number of rotatable bonds is 6. The van der Waals surface area contributed by atoms with Gasteiger partial charge in [-0.05, 0) is 30.9 Å². The van der Waals surface area contributed by atoms with Crippen LogP contribution in [0.4, 0.5) is 4.79 Å². The zero-order valence-electron chi connectivity index (χ0n) is 13.1. The van der Waals surface area contributed by atoms with E-state index in [2.05, 4.69) is 10.6 Å². The van der Waals surface area contributed by atoms with Crippen molar-refractivity contribution in [3.8, 4) is 0 Å². The molecule has 5 heteroatoms. The van der Waals surface area contributed by atoms with Crippen LogP contribution in [0.5, 0.6) is 0 Å². The third-order valence-electron chi connectivity index (χ3n) is 3.21. The van der Waals surface area contributed by atoms with Crippen LogP contribution in [0.25, 0.3) is 0 Å². The quantitative estimate of drug-likeness (QED) is 0.846. The first kappa shape index (κ1) is 17.0. The molecule has 0 radical (unpaired) electrons. The van der Waals surface area contributed by atoms with Crippen LogP contribution in [0.2, 0.25) is 0 Å². The first-order valence-electron chi connectivity index (χ1n) is 7.21. The molecule has 0 bridgehead atoms. The maximum atomic E-state index is 12.2. The van der Waals surface area contributed by atoms with Gasteiger partial charge >= 0.3 is 6.09 Å². The SMILES string of the molecule is CCOC(=O)N[C@@H](C(=O)NCc1ccccc1C)C(C)C. The smallest absolute Gasteiger partial charge is 0.407 e. The molecule has 0 saturated heterocycles. The molecule has 0 unspecified atom stereocenters. The molecule has 0 aliphatic rings. The van der Waals surface area contributed by atoms with Gasteiger partial charge in [-0.15, -0.1) is 0 Å². The van der Waals surface area contributed by atoms with E-state index in [-0.39, 0.29) is 18.4 Å². The number of benzene rings is 1. The minimum Gasteiger partial charge on any atom is -0.450 e. The largest absolute Gasteiger partial charge is 0.450 e. The Bertz CT molecular complexity index is 486. The topological polar surface area (TPSA) is 67.4 Å². The summed E-state index contributed by atoms with van der Waals surface area (Å²) in [6, 6.07) is 7.26. The number of hydrogen-bond acceptors (Lipinski definition) is 3. The third kappa shape index (κ3) is 5.45. The van der Waals surface area contributed by atoms with Crippen LogP contribution in [-0.2, 0) is 16.1 Å². The highest BCUT2D eigenvalue weighted by Crippen LogP contribution is 2.07. The molecule has 0 heterocycles. The molecule has 1 aromatic carbocycles. The van der Waals surface area contributed by atoms with E-state index in [0.717, 1.165) is 11.1 Å². The molecule has 0 saturated carbocycles. The Morgan fingerprint density at radius 2 is 1.90 bits per heavy atom. The van der Waals surface area contributed by atoms with Crippen LogP contribution in [-0.4, -0.2) is 24.6 Å². The van der Waals surface area contributed by atoms with Gasteiger partial charge in [-0.25, -0.2) is 4.79 Å². The molecule has 0 aromatic heterocycles. The van der Waals surface area contributed by atoms with Crippen LogP contribution in [0, 0.1) is 12.8 Å². The van der Waals surface area contributed by atoms with Gasteiger partial charge in [0.05, 0.1) is 6.61 Å². The summed E-state index contributed by atoms with van der Waals surface area (Å²) in [6.07, 6.45) is -0.567. The molecule has 1 rings (SSSR count). The lowest BCUT2D eigenvalue weighted by molar-refractivity contribution is -0.124. The van der Waals surface area contributed by atoms with Crippen LogP contribution in [0.1, 0.15) is 31.9 Å². The Labute approximate surface area is 126 Å². The molecule has 21 heavy (non-hydrogen) atoms. The molecule has 2 amide bonds. The van der Waals surface area contributed by atoms with E-state index < -0.39 is 12.1 Å². The van der Waals surface area contributed by atoms with Crippen molar-refractivity contribution in [2.45, 2.75) is 40.3 Å². The maximum Gasteiger partial charge on any atom is 0.407 e. The Balaban J connectivity index is 2.61. The van der Waals surface area contributed by atoms with E-state index in [4.69, 9.17) is 4.74 Å². The second-order valence-corrected chi connectivity index (χ2v) is 5.23. The minimum atomic E-state index is -0.604. The number of amides is 2. The van der Waals surface area contributed by atoms with Gasteiger partial charge in [0, 0.05) is 6.54 Å². The fourth-order valence-corrected chi connectivity index (χ4v) is 1.94. The van der Waals surface area contributed by atoms with Crippen LogP contribution >= 0.6 is 0 Å². The number of alkyl carbamates (subject to hydrolysis) is 1. The molecular weight excluding hydrogens is 268 g/mol. The summed E-state index contributed by atoms with van der Waals surface area (Å²) < 4.78 is 4.82. The fraction of sp³-hybridized carbons (Fsp3) is 0.500. The van der Waals surface area contributed by atoms with Gasteiger partial charge in [-0.2, -0.15) is 0 Å². The lowest BCUT2D eigenvalue weighted by Crippen LogP contribution is -2.49. The number of carbonyl (C=O) groups is 2. The lowest BCUT2D eigenvalue weighted by Gasteiger charge is -2.21. The van der Waals surface area contributed by atoms with Gasteiger partial charge in [0.15, 0.2) is 0 Å². The average molecular weight is 292 g/mol. The van der Waals surface area contributed by atoms with E-state index in [0.29, 0.717) is 6.54 Å². The first-order valence-corrected chi connectivity index (χ1v) is 7.21. The van der Waals surface area contributed by atoms with Crippen LogP contribution in [0.15, 0.2) is 24.3 Å². The van der Waals surface area contributed by atoms with Crippen molar-refractivity contribution in [2.75, 3.05) is 6.61 Å². The Hall–Kier alpha value is -2.04. The molecule has 116 valence electrons. The van der Waals surface area contributed by atoms with Crippen molar-refractivity contribution >= 4 is 12.0 Å². The van der Waals surface area contributed by atoms with Crippen LogP contribution in [0.3, 0.4) is 0 Å². The zero-order valence-corrected chi connectivity index (χ0v) is 13.1. The molecule has 2 N–H and O–H groups in total. The molecule has 0 aliphatic carbocycles. The highest BCUT2D eigenvalue weighted by molar-refractivity contribution is 5.85. The lowest BCUT2D eigenvalue weighted by atomic mass is 10.0. The molecular formula is C16H24N2O3. The van der Waals surface area contributed by atoms with Crippen molar-refractivity contribution in [1.29, 1.82) is 0 Å². The van der Waals surface area contributed by atoms with Crippen molar-refractivity contribution in [3.63, 3.8) is 0 Å². The van der Waals surface area contributed by atoms with Gasteiger partial charge in [-0.3, -0.25) is 4.79 Å². The number of aryl methyl sites for hydroxylation is 1. The zero-order chi connectivity index (χ0) is 15.8. The summed E-state index contributed by atoms with van der Waals surface area (Å²) in [7, 11) is 0. The summed E-state index contributed by atoms with van der Waals surface area (Å²) in [4.78, 5) is 23.7. The standard InChI is InChI=1S/C16H24N2O3/c1-5-21-16(20)18-14(11(2)3)15(19)17-10-13-9-7-6-8-12(13)4/h6-9,11,14H,5,10H2,1-4H3,(H,17,19)(H,18,20)/t14-/m1/s1. The van der Waals surface area contributed by atoms with Gasteiger partial charge in [0.25, 0.3) is 0 Å².